The summed E-state index contributed by atoms with van der Waals surface area (Å²) in [6.45, 7) is 3.60. The lowest BCUT2D eigenvalue weighted by Gasteiger charge is -2.20. The molecule has 4 nitrogen and oxygen atoms in total. The molecule has 0 bridgehead atoms. The molecule has 0 atom stereocenters. The average molecular weight is 414 g/mol. The van der Waals surface area contributed by atoms with Crippen LogP contribution in [-0.2, 0) is 12.7 Å². The molecule has 3 aromatic rings. The molecule has 2 aromatic carbocycles. The second-order valence-electron chi connectivity index (χ2n) is 7.11. The van der Waals surface area contributed by atoms with Crippen LogP contribution in [0.25, 0.3) is 0 Å². The topological polar surface area (TPSA) is 42.3 Å². The van der Waals surface area contributed by atoms with Gasteiger partial charge in [0.25, 0.3) is 11.5 Å². The monoisotopic (exact) mass is 414 g/mol. The maximum atomic E-state index is 13.1. The van der Waals surface area contributed by atoms with Crippen molar-refractivity contribution in [3.63, 3.8) is 0 Å². The van der Waals surface area contributed by atoms with Crippen molar-refractivity contribution in [2.45, 2.75) is 26.6 Å². The molecule has 0 unspecified atom stereocenters. The highest BCUT2D eigenvalue weighted by molar-refractivity contribution is 6.05. The van der Waals surface area contributed by atoms with Crippen LogP contribution < -0.4 is 10.5 Å². The Bertz CT molecular complexity index is 1120. The Labute approximate surface area is 172 Å². The predicted octanol–water partition coefficient (Wildman–Crippen LogP) is 4.81. The first-order valence-corrected chi connectivity index (χ1v) is 9.30. The highest BCUT2D eigenvalue weighted by Crippen LogP contribution is 2.29. The Morgan fingerprint density at radius 3 is 2.17 bits per heavy atom. The molecule has 3 rings (SSSR count). The predicted molar refractivity (Wildman–Crippen MR) is 110 cm³/mol. The number of benzene rings is 2. The number of alkyl halides is 3. The highest BCUT2D eigenvalue weighted by Gasteiger charge is 2.30. The SMILES string of the molecule is Cc1cc(C(=O)N(C)c2ccccc2)c(=O)n(Cc2ccc(C(F)(F)F)cc2)c1C. The molecule has 0 N–H and O–H groups in total. The molecule has 0 saturated carbocycles. The summed E-state index contributed by atoms with van der Waals surface area (Å²) in [6, 6.07) is 15.2. The van der Waals surface area contributed by atoms with E-state index in [9.17, 15) is 22.8 Å². The number of halogens is 3. The Balaban J connectivity index is 1.98. The van der Waals surface area contributed by atoms with Crippen molar-refractivity contribution in [2.24, 2.45) is 0 Å². The molecular weight excluding hydrogens is 393 g/mol. The molecule has 0 spiro atoms. The molecule has 156 valence electrons. The molecule has 1 heterocycles. The first kappa shape index (κ1) is 21.4. The number of hydrogen-bond donors (Lipinski definition) is 0. The fourth-order valence-electron chi connectivity index (χ4n) is 3.17. The fraction of sp³-hybridized carbons (Fsp3) is 0.217. The van der Waals surface area contributed by atoms with Gasteiger partial charge in [0.05, 0.1) is 12.1 Å². The summed E-state index contributed by atoms with van der Waals surface area (Å²) in [6.07, 6.45) is -4.42. The quantitative estimate of drug-likeness (QED) is 0.615. The summed E-state index contributed by atoms with van der Waals surface area (Å²) in [5, 5.41) is 0. The second kappa shape index (κ2) is 8.18. The summed E-state index contributed by atoms with van der Waals surface area (Å²) < 4.78 is 39.8. The molecule has 0 radical (unpaired) electrons. The standard InChI is InChI=1S/C23H21F3N2O2/c1-15-13-20(21(29)27(3)19-7-5-4-6-8-19)22(30)28(16(15)2)14-17-9-11-18(12-10-17)23(24,25)26/h4-13H,14H2,1-3H3. The van der Waals surface area contributed by atoms with Crippen molar-refractivity contribution < 1.29 is 18.0 Å². The van der Waals surface area contributed by atoms with Crippen LogP contribution in [-0.4, -0.2) is 17.5 Å². The van der Waals surface area contributed by atoms with Crippen LogP contribution >= 0.6 is 0 Å². The molecule has 30 heavy (non-hydrogen) atoms. The molecule has 0 saturated heterocycles. The van der Waals surface area contributed by atoms with Gasteiger partial charge in [0.15, 0.2) is 0 Å². The van der Waals surface area contributed by atoms with E-state index in [0.717, 1.165) is 17.7 Å². The Hall–Kier alpha value is -3.35. The summed E-state index contributed by atoms with van der Waals surface area (Å²) in [5.41, 5.74) is 1.36. The van der Waals surface area contributed by atoms with Gasteiger partial charge in [-0.25, -0.2) is 0 Å². The van der Waals surface area contributed by atoms with E-state index in [2.05, 4.69) is 0 Å². The molecule has 1 aromatic heterocycles. The van der Waals surface area contributed by atoms with Gasteiger partial charge in [-0.05, 0) is 55.3 Å². The van der Waals surface area contributed by atoms with Gasteiger partial charge < -0.3 is 9.47 Å². The van der Waals surface area contributed by atoms with Crippen LogP contribution in [0.4, 0.5) is 18.9 Å². The van der Waals surface area contributed by atoms with Crippen molar-refractivity contribution in [1.82, 2.24) is 4.57 Å². The summed E-state index contributed by atoms with van der Waals surface area (Å²) in [7, 11) is 1.59. The molecule has 1 amide bonds. The Kier molecular flexibility index (Phi) is 5.82. The lowest BCUT2D eigenvalue weighted by molar-refractivity contribution is -0.137. The minimum atomic E-state index is -4.42. The number of aryl methyl sites for hydroxylation is 1. The van der Waals surface area contributed by atoms with Crippen LogP contribution in [0.15, 0.2) is 65.5 Å². The number of carbonyl (C=O) groups excluding carboxylic acids is 1. The van der Waals surface area contributed by atoms with Crippen molar-refractivity contribution >= 4 is 11.6 Å². The number of para-hydroxylation sites is 1. The van der Waals surface area contributed by atoms with Crippen LogP contribution in [0.2, 0.25) is 0 Å². The van der Waals surface area contributed by atoms with E-state index < -0.39 is 23.2 Å². The van der Waals surface area contributed by atoms with Crippen molar-refractivity contribution in [2.75, 3.05) is 11.9 Å². The van der Waals surface area contributed by atoms with Crippen molar-refractivity contribution in [3.05, 3.63) is 99.0 Å². The number of carbonyl (C=O) groups is 1. The zero-order valence-electron chi connectivity index (χ0n) is 16.8. The van der Waals surface area contributed by atoms with Crippen LogP contribution in [0.3, 0.4) is 0 Å². The first-order chi connectivity index (χ1) is 14.1. The Morgan fingerprint density at radius 1 is 1.00 bits per heavy atom. The van der Waals surface area contributed by atoms with Gasteiger partial charge in [0, 0.05) is 18.4 Å². The number of rotatable bonds is 4. The smallest absolute Gasteiger partial charge is 0.311 e. The van der Waals surface area contributed by atoms with E-state index in [0.29, 0.717) is 16.9 Å². The van der Waals surface area contributed by atoms with Gasteiger partial charge in [-0.3, -0.25) is 9.59 Å². The lowest BCUT2D eigenvalue weighted by atomic mass is 10.1. The van der Waals surface area contributed by atoms with E-state index in [1.807, 2.05) is 6.07 Å². The van der Waals surface area contributed by atoms with Crippen LogP contribution in [0, 0.1) is 13.8 Å². The van der Waals surface area contributed by atoms with Gasteiger partial charge in [-0.15, -0.1) is 0 Å². The first-order valence-electron chi connectivity index (χ1n) is 9.30. The maximum absolute atomic E-state index is 13.1. The molecule has 0 aliphatic carbocycles. The zero-order chi connectivity index (χ0) is 22.1. The van der Waals surface area contributed by atoms with Gasteiger partial charge in [-0.2, -0.15) is 13.2 Å². The molecule has 0 fully saturated rings. The van der Waals surface area contributed by atoms with E-state index in [1.165, 1.54) is 21.6 Å². The summed E-state index contributed by atoms with van der Waals surface area (Å²) in [4.78, 5) is 27.5. The van der Waals surface area contributed by atoms with E-state index in [4.69, 9.17) is 0 Å². The highest BCUT2D eigenvalue weighted by atomic mass is 19.4. The third kappa shape index (κ3) is 4.30. The van der Waals surface area contributed by atoms with Gasteiger partial charge in [0.2, 0.25) is 0 Å². The van der Waals surface area contributed by atoms with Gasteiger partial charge in [-0.1, -0.05) is 30.3 Å². The lowest BCUT2D eigenvalue weighted by Crippen LogP contribution is -2.35. The minimum absolute atomic E-state index is 0.0105. The number of pyridine rings is 1. The largest absolute Gasteiger partial charge is 0.416 e. The van der Waals surface area contributed by atoms with Gasteiger partial charge in [0.1, 0.15) is 5.56 Å². The number of hydrogen-bond acceptors (Lipinski definition) is 2. The summed E-state index contributed by atoms with van der Waals surface area (Å²) in [5.74, 6) is -0.449. The second-order valence-corrected chi connectivity index (χ2v) is 7.11. The fourth-order valence-corrected chi connectivity index (χ4v) is 3.17. The van der Waals surface area contributed by atoms with Crippen LogP contribution in [0.1, 0.15) is 32.7 Å². The molecule has 0 aliphatic rings. The third-order valence-corrected chi connectivity index (χ3v) is 5.11. The molecule has 7 heteroatoms. The number of nitrogens with zero attached hydrogens (tertiary/aromatic N) is 2. The van der Waals surface area contributed by atoms with Gasteiger partial charge >= 0.3 is 6.18 Å². The normalized spacial score (nSPS) is 11.4. The van der Waals surface area contributed by atoms with Crippen molar-refractivity contribution in [1.29, 1.82) is 0 Å². The minimum Gasteiger partial charge on any atom is -0.311 e. The average Bonchev–Trinajstić information content (AvgIpc) is 2.73. The van der Waals surface area contributed by atoms with Crippen LogP contribution in [0.5, 0.6) is 0 Å². The maximum Gasteiger partial charge on any atom is 0.416 e. The molecular formula is C23H21F3N2O2. The van der Waals surface area contributed by atoms with E-state index >= 15 is 0 Å². The Morgan fingerprint density at radius 2 is 1.60 bits per heavy atom. The third-order valence-electron chi connectivity index (χ3n) is 5.11. The van der Waals surface area contributed by atoms with E-state index in [-0.39, 0.29) is 12.1 Å². The molecule has 0 aliphatic heterocycles. The number of aromatic nitrogens is 1. The van der Waals surface area contributed by atoms with E-state index in [1.54, 1.807) is 51.2 Å². The van der Waals surface area contributed by atoms with Crippen molar-refractivity contribution in [3.8, 4) is 0 Å². The zero-order valence-corrected chi connectivity index (χ0v) is 16.8. The number of amides is 1. The summed E-state index contributed by atoms with van der Waals surface area (Å²) >= 11 is 0. The number of anilines is 1.